The molecule has 1 saturated heterocycles. The van der Waals surface area contributed by atoms with E-state index in [1.54, 1.807) is 18.2 Å². The van der Waals surface area contributed by atoms with Crippen molar-refractivity contribution in [3.8, 4) is 0 Å². The summed E-state index contributed by atoms with van der Waals surface area (Å²) in [4.78, 5) is 16.3. The van der Waals surface area contributed by atoms with Crippen LogP contribution in [0.25, 0.3) is 0 Å². The fourth-order valence-electron chi connectivity index (χ4n) is 3.19. The molecule has 22 heavy (non-hydrogen) atoms. The molecule has 0 bridgehead atoms. The van der Waals surface area contributed by atoms with Crippen molar-refractivity contribution in [2.75, 3.05) is 26.2 Å². The summed E-state index contributed by atoms with van der Waals surface area (Å²) in [6, 6.07) is 4.68. The maximum Gasteiger partial charge on any atom is 0.325 e. The summed E-state index contributed by atoms with van der Waals surface area (Å²) in [5.41, 5.74) is 0.498. The molecule has 2 atom stereocenters. The number of rotatable bonds is 5. The Kier molecular flexibility index (Phi) is 6.09. The molecule has 1 fully saturated rings. The number of hydrogen-bond donors (Lipinski definition) is 1. The van der Waals surface area contributed by atoms with Crippen LogP contribution >= 0.6 is 23.2 Å². The molecule has 2 unspecified atom stereocenters. The van der Waals surface area contributed by atoms with E-state index < -0.39 is 12.0 Å². The smallest absolute Gasteiger partial charge is 0.325 e. The van der Waals surface area contributed by atoms with Gasteiger partial charge in [-0.1, -0.05) is 43.1 Å². The summed E-state index contributed by atoms with van der Waals surface area (Å²) >= 11 is 12.5. The first-order valence-electron chi connectivity index (χ1n) is 7.64. The molecule has 4 nitrogen and oxygen atoms in total. The molecular weight excluding hydrogens is 323 g/mol. The zero-order chi connectivity index (χ0) is 16.3. The molecule has 122 valence electrons. The second kappa shape index (κ2) is 7.64. The zero-order valence-corrected chi connectivity index (χ0v) is 14.4. The highest BCUT2D eigenvalue weighted by molar-refractivity contribution is 6.36. The van der Waals surface area contributed by atoms with Crippen LogP contribution in [0.3, 0.4) is 0 Å². The molecule has 1 aromatic carbocycles. The van der Waals surface area contributed by atoms with Crippen LogP contribution in [0.2, 0.25) is 10.0 Å². The average Bonchev–Trinajstić information content (AvgIpc) is 2.50. The van der Waals surface area contributed by atoms with E-state index in [1.165, 1.54) is 0 Å². The summed E-state index contributed by atoms with van der Waals surface area (Å²) in [5, 5.41) is 10.6. The topological polar surface area (TPSA) is 43.8 Å². The van der Waals surface area contributed by atoms with E-state index in [9.17, 15) is 9.90 Å². The van der Waals surface area contributed by atoms with Gasteiger partial charge < -0.3 is 5.11 Å². The van der Waals surface area contributed by atoms with Crippen LogP contribution in [0.15, 0.2) is 18.2 Å². The Hall–Kier alpha value is -0.810. The van der Waals surface area contributed by atoms with Gasteiger partial charge in [-0.25, -0.2) is 0 Å². The van der Waals surface area contributed by atoms with Gasteiger partial charge in [0.05, 0.1) is 0 Å². The molecule has 2 rings (SSSR count). The van der Waals surface area contributed by atoms with Crippen molar-refractivity contribution in [1.82, 2.24) is 9.80 Å². The number of aliphatic carboxylic acids is 1. The molecule has 0 radical (unpaired) electrons. The third-order valence-corrected chi connectivity index (χ3v) is 5.04. The fraction of sp³-hybridized carbons (Fsp3) is 0.562. The minimum atomic E-state index is -0.908. The number of nitrogens with zero attached hydrogens (tertiary/aromatic N) is 2. The van der Waals surface area contributed by atoms with Crippen molar-refractivity contribution in [3.05, 3.63) is 33.8 Å². The van der Waals surface area contributed by atoms with Crippen molar-refractivity contribution < 1.29 is 9.90 Å². The van der Waals surface area contributed by atoms with Gasteiger partial charge in [0.15, 0.2) is 0 Å². The van der Waals surface area contributed by atoms with Crippen LogP contribution in [-0.2, 0) is 4.79 Å². The Bertz CT molecular complexity index is 519. The molecule has 0 aliphatic carbocycles. The lowest BCUT2D eigenvalue weighted by Gasteiger charge is -2.43. The first kappa shape index (κ1) is 17.5. The summed E-state index contributed by atoms with van der Waals surface area (Å²) in [6.07, 6.45) is 0.993. The minimum absolute atomic E-state index is 0.363. The van der Waals surface area contributed by atoms with Crippen LogP contribution in [0.5, 0.6) is 0 Å². The quantitative estimate of drug-likeness (QED) is 0.887. The second-order valence-corrected chi connectivity index (χ2v) is 6.38. The molecular formula is C16H22Cl2N2O2. The summed E-state index contributed by atoms with van der Waals surface area (Å²) in [7, 11) is 0. The number of halogens is 2. The Labute approximate surface area is 141 Å². The minimum Gasteiger partial charge on any atom is -0.480 e. The molecule has 1 aliphatic heterocycles. The van der Waals surface area contributed by atoms with E-state index in [1.807, 2.05) is 4.90 Å². The van der Waals surface area contributed by atoms with Crippen LogP contribution in [0, 0.1) is 0 Å². The average molecular weight is 345 g/mol. The zero-order valence-electron chi connectivity index (χ0n) is 12.9. The molecule has 0 saturated carbocycles. The largest absolute Gasteiger partial charge is 0.480 e. The third kappa shape index (κ3) is 3.57. The standard InChI is InChI=1S/C16H22Cl2N2O2/c1-3-11-10-20(9-8-19(11)4-2)15(16(21)22)14-12(17)6-5-7-13(14)18/h5-7,11,15H,3-4,8-10H2,1-2H3,(H,21,22). The molecule has 1 aromatic rings. The van der Waals surface area contributed by atoms with E-state index in [2.05, 4.69) is 18.7 Å². The summed E-state index contributed by atoms with van der Waals surface area (Å²) < 4.78 is 0. The van der Waals surface area contributed by atoms with Crippen molar-refractivity contribution >= 4 is 29.2 Å². The van der Waals surface area contributed by atoms with Gasteiger partial charge in [0.2, 0.25) is 0 Å². The molecule has 1 aliphatic rings. The van der Waals surface area contributed by atoms with Gasteiger partial charge in [0.1, 0.15) is 6.04 Å². The predicted octanol–water partition coefficient (Wildman–Crippen LogP) is 3.54. The highest BCUT2D eigenvalue weighted by Crippen LogP contribution is 2.35. The first-order chi connectivity index (χ1) is 10.5. The van der Waals surface area contributed by atoms with E-state index >= 15 is 0 Å². The molecule has 1 N–H and O–H groups in total. The number of hydrogen-bond acceptors (Lipinski definition) is 3. The van der Waals surface area contributed by atoms with Crippen LogP contribution in [-0.4, -0.2) is 53.1 Å². The lowest BCUT2D eigenvalue weighted by molar-refractivity contribution is -0.145. The maximum absolute atomic E-state index is 11.9. The number of benzene rings is 1. The molecule has 1 heterocycles. The number of piperazine rings is 1. The molecule has 0 aromatic heterocycles. The van der Waals surface area contributed by atoms with Gasteiger partial charge in [-0.15, -0.1) is 0 Å². The maximum atomic E-state index is 11.9. The van der Waals surface area contributed by atoms with E-state index in [0.29, 0.717) is 34.7 Å². The van der Waals surface area contributed by atoms with Gasteiger partial charge in [0.25, 0.3) is 0 Å². The lowest BCUT2D eigenvalue weighted by Crippen LogP contribution is -2.54. The van der Waals surface area contributed by atoms with Crippen LogP contribution in [0.1, 0.15) is 31.9 Å². The van der Waals surface area contributed by atoms with E-state index in [0.717, 1.165) is 19.5 Å². The SMILES string of the molecule is CCC1CN(C(C(=O)O)c2c(Cl)cccc2Cl)CCN1CC. The highest BCUT2D eigenvalue weighted by atomic mass is 35.5. The molecule has 6 heteroatoms. The van der Waals surface area contributed by atoms with E-state index in [-0.39, 0.29) is 0 Å². The van der Waals surface area contributed by atoms with Gasteiger partial charge in [0, 0.05) is 41.3 Å². The highest BCUT2D eigenvalue weighted by Gasteiger charge is 2.35. The Morgan fingerprint density at radius 1 is 1.32 bits per heavy atom. The number of carbonyl (C=O) groups is 1. The molecule has 0 spiro atoms. The summed E-state index contributed by atoms with van der Waals surface area (Å²) in [6.45, 7) is 7.52. The van der Waals surface area contributed by atoms with Crippen molar-refractivity contribution in [3.63, 3.8) is 0 Å². The second-order valence-electron chi connectivity index (χ2n) is 5.56. The third-order valence-electron chi connectivity index (χ3n) is 4.39. The number of carboxylic acid groups (broad SMARTS) is 1. The Morgan fingerprint density at radius 2 is 1.95 bits per heavy atom. The van der Waals surface area contributed by atoms with Gasteiger partial charge >= 0.3 is 5.97 Å². The number of carboxylic acids is 1. The fourth-order valence-corrected chi connectivity index (χ4v) is 3.79. The van der Waals surface area contributed by atoms with Crippen molar-refractivity contribution in [2.45, 2.75) is 32.4 Å². The monoisotopic (exact) mass is 344 g/mol. The van der Waals surface area contributed by atoms with Crippen LogP contribution in [0.4, 0.5) is 0 Å². The van der Waals surface area contributed by atoms with Crippen molar-refractivity contribution in [1.29, 1.82) is 0 Å². The first-order valence-corrected chi connectivity index (χ1v) is 8.40. The van der Waals surface area contributed by atoms with Crippen molar-refractivity contribution in [2.24, 2.45) is 0 Å². The normalized spacial score (nSPS) is 21.7. The summed E-state index contributed by atoms with van der Waals surface area (Å²) in [5.74, 6) is -0.908. The molecule has 0 amide bonds. The lowest BCUT2D eigenvalue weighted by atomic mass is 10.0. The van der Waals surface area contributed by atoms with Gasteiger partial charge in [-0.3, -0.25) is 14.6 Å². The van der Waals surface area contributed by atoms with E-state index in [4.69, 9.17) is 23.2 Å². The van der Waals surface area contributed by atoms with Gasteiger partial charge in [-0.2, -0.15) is 0 Å². The Balaban J connectivity index is 2.32. The number of likely N-dealkylation sites (N-methyl/N-ethyl adjacent to an activating group) is 1. The predicted molar refractivity (Wildman–Crippen MR) is 89.7 cm³/mol. The Morgan fingerprint density at radius 3 is 2.45 bits per heavy atom. The van der Waals surface area contributed by atoms with Crippen LogP contribution < -0.4 is 0 Å². The van der Waals surface area contributed by atoms with Gasteiger partial charge in [-0.05, 0) is 25.1 Å².